The van der Waals surface area contributed by atoms with Crippen molar-refractivity contribution in [2.45, 2.75) is 25.8 Å². The molecule has 0 saturated carbocycles. The number of anilines is 2. The van der Waals surface area contributed by atoms with Crippen molar-refractivity contribution >= 4 is 17.3 Å². The van der Waals surface area contributed by atoms with Crippen LogP contribution in [0.3, 0.4) is 0 Å². The molecular weight excluding hydrogens is 242 g/mol. The van der Waals surface area contributed by atoms with Crippen molar-refractivity contribution in [2.24, 2.45) is 0 Å². The van der Waals surface area contributed by atoms with Crippen LogP contribution in [0.25, 0.3) is 5.65 Å². The largest absolute Gasteiger partial charge is 0.379 e. The predicted molar refractivity (Wildman–Crippen MR) is 74.6 cm³/mol. The number of ether oxygens (including phenoxy) is 1. The zero-order chi connectivity index (χ0) is 13.3. The van der Waals surface area contributed by atoms with Crippen LogP contribution in [-0.4, -0.2) is 39.7 Å². The van der Waals surface area contributed by atoms with Crippen LogP contribution < -0.4 is 10.6 Å². The molecule has 2 aromatic rings. The molecule has 2 N–H and O–H groups in total. The average Bonchev–Trinajstić information content (AvgIpc) is 2.98. The van der Waals surface area contributed by atoms with Crippen molar-refractivity contribution < 1.29 is 4.74 Å². The minimum Gasteiger partial charge on any atom is -0.379 e. The van der Waals surface area contributed by atoms with Crippen LogP contribution in [0.5, 0.6) is 0 Å². The van der Waals surface area contributed by atoms with Gasteiger partial charge in [0.15, 0.2) is 11.5 Å². The zero-order valence-corrected chi connectivity index (χ0v) is 11.3. The lowest BCUT2D eigenvalue weighted by atomic mass is 10.0. The van der Waals surface area contributed by atoms with Gasteiger partial charge in [-0.15, -0.1) is 0 Å². The molecule has 3 rings (SSSR count). The van der Waals surface area contributed by atoms with Crippen LogP contribution in [0.2, 0.25) is 0 Å². The molecule has 1 aliphatic rings. The highest BCUT2D eigenvalue weighted by molar-refractivity contribution is 5.66. The first-order valence-electron chi connectivity index (χ1n) is 6.64. The van der Waals surface area contributed by atoms with Gasteiger partial charge in [-0.3, -0.25) is 0 Å². The van der Waals surface area contributed by atoms with Crippen molar-refractivity contribution in [2.75, 3.05) is 30.4 Å². The molecule has 0 bridgehead atoms. The summed E-state index contributed by atoms with van der Waals surface area (Å²) in [4.78, 5) is 8.97. The van der Waals surface area contributed by atoms with E-state index in [-0.39, 0.29) is 5.54 Å². The van der Waals surface area contributed by atoms with Crippen LogP contribution in [0.15, 0.2) is 18.6 Å². The zero-order valence-electron chi connectivity index (χ0n) is 11.3. The maximum absolute atomic E-state index is 5.47. The quantitative estimate of drug-likeness (QED) is 0.878. The van der Waals surface area contributed by atoms with Crippen LogP contribution in [0.1, 0.15) is 20.3 Å². The molecule has 19 heavy (non-hydrogen) atoms. The number of fused-ring (bicyclic) bond motifs is 1. The summed E-state index contributed by atoms with van der Waals surface area (Å²) >= 11 is 0. The molecule has 6 heteroatoms. The second kappa shape index (κ2) is 4.70. The fraction of sp³-hybridized carbons (Fsp3) is 0.538. The molecule has 102 valence electrons. The number of hydrogen-bond donors (Lipinski definition) is 2. The normalized spacial score (nSPS) is 22.8. The van der Waals surface area contributed by atoms with Crippen LogP contribution in [-0.2, 0) is 4.74 Å². The molecule has 1 unspecified atom stereocenters. The minimum atomic E-state index is -0.0652. The van der Waals surface area contributed by atoms with Gasteiger partial charge in [0.1, 0.15) is 5.82 Å². The monoisotopic (exact) mass is 261 g/mol. The summed E-state index contributed by atoms with van der Waals surface area (Å²) in [7, 11) is 0. The first kappa shape index (κ1) is 12.2. The fourth-order valence-electron chi connectivity index (χ4n) is 2.33. The summed E-state index contributed by atoms with van der Waals surface area (Å²) < 4.78 is 7.45. The van der Waals surface area contributed by atoms with Gasteiger partial charge >= 0.3 is 0 Å². The van der Waals surface area contributed by atoms with Crippen molar-refractivity contribution in [3.63, 3.8) is 0 Å². The van der Waals surface area contributed by atoms with Gasteiger partial charge in [-0.05, 0) is 20.3 Å². The minimum absolute atomic E-state index is 0.0652. The molecule has 0 radical (unpaired) electrons. The Bertz CT molecular complexity index is 573. The molecule has 1 fully saturated rings. The number of nitrogens with zero attached hydrogens (tertiary/aromatic N) is 3. The van der Waals surface area contributed by atoms with Gasteiger partial charge in [0.2, 0.25) is 0 Å². The van der Waals surface area contributed by atoms with E-state index in [1.165, 1.54) is 0 Å². The molecule has 0 aromatic carbocycles. The van der Waals surface area contributed by atoms with Gasteiger partial charge in [0, 0.05) is 25.5 Å². The molecule has 6 nitrogen and oxygen atoms in total. The van der Waals surface area contributed by atoms with Gasteiger partial charge in [-0.2, -0.15) is 0 Å². The van der Waals surface area contributed by atoms with E-state index in [4.69, 9.17) is 4.74 Å². The molecule has 3 heterocycles. The predicted octanol–water partition coefficient (Wildman–Crippen LogP) is 1.75. The van der Waals surface area contributed by atoms with E-state index in [1.54, 1.807) is 6.20 Å². The Balaban J connectivity index is 1.98. The third-order valence-corrected chi connectivity index (χ3v) is 3.37. The highest BCUT2D eigenvalue weighted by atomic mass is 16.5. The van der Waals surface area contributed by atoms with E-state index in [9.17, 15) is 0 Å². The van der Waals surface area contributed by atoms with E-state index in [2.05, 4.69) is 34.4 Å². The summed E-state index contributed by atoms with van der Waals surface area (Å²) in [6.07, 6.45) is 6.64. The van der Waals surface area contributed by atoms with Crippen molar-refractivity contribution in [3.05, 3.63) is 18.6 Å². The molecule has 0 spiro atoms. The standard InChI is InChI=1S/C13H19N5O/c1-3-14-10-8-18-6-5-15-12(18)11(16-10)17-13(2)4-7-19-9-13/h5-6,8,14H,3-4,7,9H2,1-2H3,(H,16,17). The molecule has 1 aliphatic heterocycles. The van der Waals surface area contributed by atoms with Crippen LogP contribution in [0, 0.1) is 0 Å². The molecule has 2 aromatic heterocycles. The number of aromatic nitrogens is 3. The van der Waals surface area contributed by atoms with Gasteiger partial charge in [0.05, 0.1) is 18.3 Å². The third kappa shape index (κ3) is 2.35. The Morgan fingerprint density at radius 3 is 3.16 bits per heavy atom. The summed E-state index contributed by atoms with van der Waals surface area (Å²) in [6.45, 7) is 6.54. The number of hydrogen-bond acceptors (Lipinski definition) is 5. The topological polar surface area (TPSA) is 63.5 Å². The Labute approximate surface area is 112 Å². The summed E-state index contributed by atoms with van der Waals surface area (Å²) in [6, 6.07) is 0. The second-order valence-electron chi connectivity index (χ2n) is 5.15. The van der Waals surface area contributed by atoms with E-state index in [1.807, 2.05) is 16.8 Å². The highest BCUT2D eigenvalue weighted by Gasteiger charge is 2.30. The van der Waals surface area contributed by atoms with Gasteiger partial charge < -0.3 is 19.8 Å². The Morgan fingerprint density at radius 1 is 1.53 bits per heavy atom. The van der Waals surface area contributed by atoms with Crippen molar-refractivity contribution in [3.8, 4) is 0 Å². The van der Waals surface area contributed by atoms with Crippen LogP contribution in [0.4, 0.5) is 11.6 Å². The van der Waals surface area contributed by atoms with E-state index in [0.717, 1.165) is 36.9 Å². The van der Waals surface area contributed by atoms with E-state index >= 15 is 0 Å². The highest BCUT2D eigenvalue weighted by Crippen LogP contribution is 2.25. The number of rotatable bonds is 4. The van der Waals surface area contributed by atoms with Crippen molar-refractivity contribution in [1.29, 1.82) is 0 Å². The fourth-order valence-corrected chi connectivity index (χ4v) is 2.33. The van der Waals surface area contributed by atoms with Gasteiger partial charge in [-0.25, -0.2) is 9.97 Å². The number of nitrogens with one attached hydrogen (secondary N) is 2. The Hall–Kier alpha value is -1.82. The first-order valence-corrected chi connectivity index (χ1v) is 6.64. The molecule has 1 atom stereocenters. The maximum atomic E-state index is 5.47. The average molecular weight is 261 g/mol. The molecule has 0 amide bonds. The SMILES string of the molecule is CCNc1cn2ccnc2c(NC2(C)CCOC2)n1. The lowest BCUT2D eigenvalue weighted by molar-refractivity contribution is 0.185. The summed E-state index contributed by atoms with van der Waals surface area (Å²) in [5.41, 5.74) is 0.777. The number of imidazole rings is 1. The first-order chi connectivity index (χ1) is 9.20. The third-order valence-electron chi connectivity index (χ3n) is 3.37. The van der Waals surface area contributed by atoms with E-state index < -0.39 is 0 Å². The van der Waals surface area contributed by atoms with E-state index in [0.29, 0.717) is 6.61 Å². The van der Waals surface area contributed by atoms with Crippen molar-refractivity contribution in [1.82, 2.24) is 14.4 Å². The van der Waals surface area contributed by atoms with Crippen LogP contribution >= 0.6 is 0 Å². The van der Waals surface area contributed by atoms with Gasteiger partial charge in [0.25, 0.3) is 0 Å². The van der Waals surface area contributed by atoms with Gasteiger partial charge in [-0.1, -0.05) is 0 Å². The smallest absolute Gasteiger partial charge is 0.180 e. The Kier molecular flexibility index (Phi) is 3.02. The molecular formula is C13H19N5O. The molecule has 1 saturated heterocycles. The summed E-state index contributed by atoms with van der Waals surface area (Å²) in [5, 5.41) is 6.72. The second-order valence-corrected chi connectivity index (χ2v) is 5.15. The Morgan fingerprint density at radius 2 is 2.42 bits per heavy atom. The summed E-state index contributed by atoms with van der Waals surface area (Å²) in [5.74, 6) is 1.65. The lowest BCUT2D eigenvalue weighted by Gasteiger charge is -2.24. The maximum Gasteiger partial charge on any atom is 0.180 e. The molecule has 0 aliphatic carbocycles. The lowest BCUT2D eigenvalue weighted by Crippen LogP contribution is -2.35.